The van der Waals surface area contributed by atoms with Gasteiger partial charge in [-0.3, -0.25) is 9.59 Å². The third-order valence-corrected chi connectivity index (χ3v) is 21.7. The third-order valence-electron chi connectivity index (χ3n) is 21.7. The van der Waals surface area contributed by atoms with Crippen LogP contribution in [0.25, 0.3) is 10.8 Å². The van der Waals surface area contributed by atoms with E-state index in [2.05, 4.69) is 54.1 Å². The number of hydrogen-bond donors (Lipinski definition) is 1. The Morgan fingerprint density at radius 2 is 0.735 bits per heavy atom. The van der Waals surface area contributed by atoms with Crippen LogP contribution in [0, 0.1) is 17.8 Å². The zero-order chi connectivity index (χ0) is 94.1. The highest BCUT2D eigenvalue weighted by Crippen LogP contribution is 2.36. The zero-order valence-electron chi connectivity index (χ0n) is 73.7. The van der Waals surface area contributed by atoms with Crippen LogP contribution in [-0.2, 0) is 76.1 Å². The van der Waals surface area contributed by atoms with Crippen molar-refractivity contribution in [3.8, 4) is 34.5 Å². The Kier molecular flexibility index (Phi) is 39.7. The summed E-state index contributed by atoms with van der Waals surface area (Å²) in [5.41, 5.74) is 2.57. The van der Waals surface area contributed by atoms with E-state index in [1.54, 1.807) is 0 Å². The van der Waals surface area contributed by atoms with Crippen LogP contribution in [0.3, 0.4) is 0 Å². The molecule has 31 heteroatoms. The molecule has 0 aromatic heterocycles. The van der Waals surface area contributed by atoms with Crippen molar-refractivity contribution in [2.24, 2.45) is 17.8 Å². The summed E-state index contributed by atoms with van der Waals surface area (Å²) in [5.74, 6) is -3.73. The Labute approximate surface area is 763 Å². The molecule has 0 spiro atoms. The quantitative estimate of drug-likeness (QED) is 0.00933. The number of hydrogen-bond acceptors (Lipinski definition) is 30. The summed E-state index contributed by atoms with van der Waals surface area (Å²) in [5, 5.41) is 5.54. The first-order valence-corrected chi connectivity index (χ1v) is 43.6. The van der Waals surface area contributed by atoms with Crippen molar-refractivity contribution < 1.29 is 143 Å². The highest BCUT2D eigenvalue weighted by Gasteiger charge is 2.48. The molecule has 132 heavy (non-hydrogen) atoms. The molecule has 2 unspecified atom stereocenters. The molecule has 0 bridgehead atoms. The number of fused-ring (bicyclic) bond motifs is 2. The monoisotopic (exact) mass is 1810 g/mol. The van der Waals surface area contributed by atoms with Gasteiger partial charge in [0.25, 0.3) is 0 Å². The molecule has 4 fully saturated rings. The number of benzene rings is 8. The van der Waals surface area contributed by atoms with Gasteiger partial charge in [-0.25, -0.2) is 52.7 Å². The molecule has 8 aromatic carbocycles. The maximum Gasteiger partial charge on any atom is 0.513 e. The molecule has 2 aliphatic heterocycles. The predicted molar refractivity (Wildman–Crippen MR) is 476 cm³/mol. The smallest absolute Gasteiger partial charge is 0.465 e. The average molecular weight is 1810 g/mol. The summed E-state index contributed by atoms with van der Waals surface area (Å²) in [7, 11) is 1.27. The lowest BCUT2D eigenvalue weighted by Gasteiger charge is -2.31. The number of ether oxygens (including phenoxy) is 17. The Morgan fingerprint density at radius 3 is 1.16 bits per heavy atom. The lowest BCUT2D eigenvalue weighted by molar-refractivity contribution is -0.158. The van der Waals surface area contributed by atoms with Crippen molar-refractivity contribution in [1.29, 1.82) is 0 Å². The van der Waals surface area contributed by atoms with Gasteiger partial charge >= 0.3 is 72.0 Å². The second-order valence-corrected chi connectivity index (χ2v) is 31.1. The van der Waals surface area contributed by atoms with Gasteiger partial charge in [-0.1, -0.05) is 69.1 Å². The van der Waals surface area contributed by atoms with Crippen LogP contribution in [0.5, 0.6) is 34.5 Å². The van der Waals surface area contributed by atoms with Gasteiger partial charge in [0.15, 0.2) is 6.10 Å². The number of esters is 10. The van der Waals surface area contributed by atoms with Crippen molar-refractivity contribution in [3.05, 3.63) is 265 Å². The predicted octanol–water partition coefficient (Wildman–Crippen LogP) is 17.0. The third kappa shape index (κ3) is 32.2. The van der Waals surface area contributed by atoms with E-state index in [9.17, 15) is 62.3 Å². The number of amides is 1. The van der Waals surface area contributed by atoms with Crippen LogP contribution < -0.4 is 33.7 Å². The van der Waals surface area contributed by atoms with Gasteiger partial charge in [0.1, 0.15) is 53.3 Å². The summed E-state index contributed by atoms with van der Waals surface area (Å²) >= 11 is 0. The fourth-order valence-electron chi connectivity index (χ4n) is 14.5. The Balaban J connectivity index is 0.000000208. The van der Waals surface area contributed by atoms with E-state index >= 15 is 0 Å². The maximum atomic E-state index is 13.0. The minimum absolute atomic E-state index is 0.0549. The fourth-order valence-corrected chi connectivity index (χ4v) is 14.5. The summed E-state index contributed by atoms with van der Waals surface area (Å²) in [6, 6.07) is 49.2. The summed E-state index contributed by atoms with van der Waals surface area (Å²) < 4.78 is 89.8. The van der Waals surface area contributed by atoms with E-state index in [0.29, 0.717) is 76.1 Å². The molecule has 2 saturated heterocycles. The fraction of sp³-hybridized carbons (Fsp3) is 0.356. The van der Waals surface area contributed by atoms with Crippen LogP contribution in [0.2, 0.25) is 0 Å². The second-order valence-electron chi connectivity index (χ2n) is 31.1. The molecule has 12 rings (SSSR count). The Hall–Kier alpha value is -14.2. The number of rotatable bonds is 39. The van der Waals surface area contributed by atoms with E-state index in [0.717, 1.165) is 93.4 Å². The topological polar surface area (TPSA) is 391 Å². The van der Waals surface area contributed by atoms with Gasteiger partial charge in [0, 0.05) is 30.1 Å². The van der Waals surface area contributed by atoms with Crippen molar-refractivity contribution in [2.45, 2.75) is 153 Å². The van der Waals surface area contributed by atoms with Crippen LogP contribution in [0.4, 0.5) is 9.59 Å². The molecule has 1 amide bonds. The van der Waals surface area contributed by atoms with Crippen LogP contribution in [0.1, 0.15) is 190 Å². The van der Waals surface area contributed by atoms with Crippen LogP contribution in [-0.4, -0.2) is 168 Å². The molecule has 1 N–H and O–H groups in total. The largest absolute Gasteiger partial charge is 0.513 e. The number of unbranched alkanes of at least 4 members (excludes halogenated alkanes) is 6. The molecule has 5 atom stereocenters. The van der Waals surface area contributed by atoms with Gasteiger partial charge in [0.2, 0.25) is 5.91 Å². The maximum absolute atomic E-state index is 13.0. The minimum atomic E-state index is -0.872. The molecule has 8 aromatic rings. The van der Waals surface area contributed by atoms with Gasteiger partial charge in [-0.15, -0.1) is 0 Å². The Morgan fingerprint density at radius 1 is 0.371 bits per heavy atom. The SMILES string of the molecule is C=CC(=O)OCCCCCCOC(=O)Oc1ccc(C(=O)Oc2ccc(C(=O)Oc3ccc(C(=O)OC)cc3)cc2)cc1.C=CC(=O)OCCCCCCOC(=O)Oc1ccc(C(=O)Oc2ccc(C(=O)Oc3ccc(C(=O)O[C@@H]4COC5C4OC[C@@H]5C)cc3)cc2)cc1.C=CC(=O)OCCOC1CCC(C(=O)OC2CCC(C(=O)N[C@@H](C)c3cccc4ccccc34)CC2)CC1. The molecule has 696 valence electrons. The lowest BCUT2D eigenvalue weighted by atomic mass is 9.85. The van der Waals surface area contributed by atoms with Crippen LogP contribution >= 0.6 is 0 Å². The van der Waals surface area contributed by atoms with Crippen molar-refractivity contribution in [3.63, 3.8) is 0 Å². The standard InChI is InChI=1S/C38H38O13.C32H30O11.C31H39NO6/c1-3-32(39)44-20-6-4-5-7-21-45-38(43)50-30-18-12-26(13-19-30)36(41)48-28-14-8-25(9-15-28)35(40)49-29-16-10-27(11-17-29)37(42)51-31-23-47-33-24(2)22-46-34(31)33;1-3-28(33)39-20-6-4-5-7-21-40-32(37)43-27-18-12-24(13-19-27)31(36)42-26-16-10-23(11-17-26)30(35)41-25-14-8-22(9-15-25)29(34)38-2;1-3-29(33)37-20-19-36-25-15-13-24(14-16-25)31(35)38-26-17-11-23(12-18-26)30(34)32-21(2)27-10-6-8-22-7-4-5-9-28(22)27/h3,8-19,24,31,33-34H,1,4-7,20-23H2,2H3;3,8-19H,1,4-7,20-21H2,2H3;3-10,21,23-26H,1,11-20H2,2H3,(H,32,34)/t24-,31+,33?,34?;;21-,23?,24?,25?,26?/m0.0/s1. The highest BCUT2D eigenvalue weighted by molar-refractivity contribution is 5.96. The average Bonchev–Trinajstić information content (AvgIpc) is 1.63. The molecule has 2 saturated carbocycles. The van der Waals surface area contributed by atoms with E-state index in [-0.39, 0.29) is 143 Å². The van der Waals surface area contributed by atoms with Crippen LogP contribution in [0.15, 0.2) is 226 Å². The van der Waals surface area contributed by atoms with Gasteiger partial charge in [-0.2, -0.15) is 0 Å². The van der Waals surface area contributed by atoms with E-state index in [4.69, 9.17) is 75.8 Å². The molecule has 31 nitrogen and oxygen atoms in total. The van der Waals surface area contributed by atoms with Crippen molar-refractivity contribution in [2.75, 3.05) is 60.0 Å². The molecule has 2 heterocycles. The second kappa shape index (κ2) is 52.5. The van der Waals surface area contributed by atoms with Gasteiger partial charge in [0.05, 0.1) is 111 Å². The first-order chi connectivity index (χ1) is 63.9. The van der Waals surface area contributed by atoms with Gasteiger partial charge in [-0.05, 0) is 272 Å². The number of nitrogens with one attached hydrogen (secondary N) is 1. The number of carbonyl (C=O) groups excluding carboxylic acids is 13. The summed E-state index contributed by atoms with van der Waals surface area (Å²) in [6.45, 7) is 16.4. The molecule has 2 aliphatic carbocycles. The molecular formula is C101H107NO30. The molecular weight excluding hydrogens is 1710 g/mol. The summed E-state index contributed by atoms with van der Waals surface area (Å²) in [6.07, 6.45) is 12.5. The van der Waals surface area contributed by atoms with E-state index < -0.39 is 72.1 Å². The summed E-state index contributed by atoms with van der Waals surface area (Å²) in [4.78, 5) is 157. The van der Waals surface area contributed by atoms with Crippen molar-refractivity contribution in [1.82, 2.24) is 5.32 Å². The normalized spacial score (nSPS) is 17.6. The number of methoxy groups -OCH3 is 1. The van der Waals surface area contributed by atoms with E-state index in [1.807, 2.05) is 32.0 Å². The Bertz CT molecular complexity index is 5220. The highest BCUT2D eigenvalue weighted by atomic mass is 16.7. The number of carbonyl (C=O) groups is 13. The first kappa shape index (κ1) is 100.0. The van der Waals surface area contributed by atoms with Crippen molar-refractivity contribution >= 4 is 88.7 Å². The molecule has 4 aliphatic rings. The zero-order valence-corrected chi connectivity index (χ0v) is 73.7. The van der Waals surface area contributed by atoms with Gasteiger partial charge < -0.3 is 85.8 Å². The van der Waals surface area contributed by atoms with E-state index in [1.165, 1.54) is 158 Å². The lowest BCUT2D eigenvalue weighted by Crippen LogP contribution is -2.37. The minimum Gasteiger partial charge on any atom is -0.465 e. The first-order valence-electron chi connectivity index (χ1n) is 43.6. The molecule has 0 radical (unpaired) electrons.